The number of esters is 4. The molecular formula is C29H36N2O14. The molecule has 246 valence electrons. The second-order valence-corrected chi connectivity index (χ2v) is 10.2. The second kappa shape index (κ2) is 17.5. The van der Waals surface area contributed by atoms with Crippen LogP contribution in [0.1, 0.15) is 68.2 Å². The van der Waals surface area contributed by atoms with Crippen LogP contribution >= 0.6 is 0 Å². The molecule has 2 aromatic rings. The van der Waals surface area contributed by atoms with Gasteiger partial charge in [-0.2, -0.15) is 0 Å². The highest BCUT2D eigenvalue weighted by Gasteiger charge is 2.24. The standard InChI is InChI=1S/C29H36N2O14/c1-18(30-28(36)45-29(3,4)5)25(33)44-24-16-20(12-13-23(24)39-14-8-9-15-42-31(37)38)26(34)40-17-41-27(35)21-10-6-7-11-22(21)43-19(2)32/h6-7,10-13,16,18,37-38H,8-9,14-15,17H2,1-5H3,(H,30,36). The fourth-order valence-corrected chi connectivity index (χ4v) is 3.28. The Hall–Kier alpha value is -4.77. The Kier molecular flexibility index (Phi) is 14.2. The van der Waals surface area contributed by atoms with E-state index in [1.54, 1.807) is 26.8 Å². The van der Waals surface area contributed by atoms with Gasteiger partial charge in [0.05, 0.1) is 24.2 Å². The maximum Gasteiger partial charge on any atom is 0.408 e. The summed E-state index contributed by atoms with van der Waals surface area (Å²) < 4.78 is 31.2. The number of ether oxygens (including phenoxy) is 6. The van der Waals surface area contributed by atoms with Crippen LogP contribution in [0.5, 0.6) is 17.2 Å². The highest BCUT2D eigenvalue weighted by atomic mass is 17.1. The minimum Gasteiger partial charge on any atom is -0.490 e. The zero-order valence-corrected chi connectivity index (χ0v) is 25.4. The molecule has 0 radical (unpaired) electrons. The Balaban J connectivity index is 2.10. The summed E-state index contributed by atoms with van der Waals surface area (Å²) in [5, 5.41) is 19.1. The summed E-state index contributed by atoms with van der Waals surface area (Å²) in [5.74, 6) is -3.58. The molecule has 0 saturated carbocycles. The number of unbranched alkanes of at least 4 members (excludes halogenated alkanes) is 1. The van der Waals surface area contributed by atoms with Crippen molar-refractivity contribution in [2.75, 3.05) is 20.0 Å². The van der Waals surface area contributed by atoms with Gasteiger partial charge in [0.1, 0.15) is 23.0 Å². The van der Waals surface area contributed by atoms with E-state index in [9.17, 15) is 24.0 Å². The summed E-state index contributed by atoms with van der Waals surface area (Å²) in [6, 6.07) is 8.49. The first-order chi connectivity index (χ1) is 21.2. The molecule has 2 rings (SSSR count). The first kappa shape index (κ1) is 36.4. The number of nitrogens with one attached hydrogen (secondary N) is 1. The summed E-state index contributed by atoms with van der Waals surface area (Å²) in [4.78, 5) is 65.8. The zero-order valence-electron chi connectivity index (χ0n) is 25.4. The maximum atomic E-state index is 12.8. The van der Waals surface area contributed by atoms with Crippen molar-refractivity contribution in [3.63, 3.8) is 0 Å². The van der Waals surface area contributed by atoms with Gasteiger partial charge in [0, 0.05) is 6.92 Å². The topological polar surface area (TPSA) is 206 Å². The number of carbonyl (C=O) groups is 5. The van der Waals surface area contributed by atoms with Gasteiger partial charge in [-0.15, -0.1) is 0 Å². The first-order valence-corrected chi connectivity index (χ1v) is 13.6. The number of carbonyl (C=O) groups excluding carboxylic acids is 5. The number of nitrogens with zero attached hydrogens (tertiary/aromatic N) is 1. The third-order valence-electron chi connectivity index (χ3n) is 5.22. The largest absolute Gasteiger partial charge is 0.490 e. The molecular weight excluding hydrogens is 600 g/mol. The van der Waals surface area contributed by atoms with Crippen molar-refractivity contribution >= 4 is 30.0 Å². The number of hydrogen-bond acceptors (Lipinski definition) is 15. The van der Waals surface area contributed by atoms with Gasteiger partial charge in [-0.1, -0.05) is 12.1 Å². The van der Waals surface area contributed by atoms with E-state index in [0.717, 1.165) is 6.07 Å². The van der Waals surface area contributed by atoms with Gasteiger partial charge in [0.25, 0.3) is 0 Å². The van der Waals surface area contributed by atoms with Crippen molar-refractivity contribution in [2.45, 2.75) is 59.1 Å². The van der Waals surface area contributed by atoms with Gasteiger partial charge in [0.15, 0.2) is 11.5 Å². The summed E-state index contributed by atoms with van der Waals surface area (Å²) >= 11 is 0. The van der Waals surface area contributed by atoms with Crippen molar-refractivity contribution in [1.29, 1.82) is 0 Å². The number of amides is 1. The molecule has 2 aromatic carbocycles. The highest BCUT2D eigenvalue weighted by molar-refractivity contribution is 5.94. The van der Waals surface area contributed by atoms with Crippen molar-refractivity contribution in [3.05, 3.63) is 53.6 Å². The molecule has 0 bridgehead atoms. The molecule has 0 aliphatic carbocycles. The highest BCUT2D eigenvalue weighted by Crippen LogP contribution is 2.30. The van der Waals surface area contributed by atoms with Crippen molar-refractivity contribution < 1.29 is 67.6 Å². The molecule has 0 heterocycles. The second-order valence-electron chi connectivity index (χ2n) is 10.2. The predicted molar refractivity (Wildman–Crippen MR) is 150 cm³/mol. The van der Waals surface area contributed by atoms with E-state index in [-0.39, 0.29) is 41.6 Å². The van der Waals surface area contributed by atoms with E-state index >= 15 is 0 Å². The number of benzene rings is 2. The molecule has 45 heavy (non-hydrogen) atoms. The van der Waals surface area contributed by atoms with E-state index in [1.807, 2.05) is 0 Å². The van der Waals surface area contributed by atoms with Crippen LogP contribution in [-0.4, -0.2) is 77.4 Å². The van der Waals surface area contributed by atoms with Crippen molar-refractivity contribution in [3.8, 4) is 17.2 Å². The fraction of sp³-hybridized carbons (Fsp3) is 0.414. The van der Waals surface area contributed by atoms with Crippen LogP contribution in [0.3, 0.4) is 0 Å². The molecule has 0 aromatic heterocycles. The SMILES string of the molecule is CC(=O)Oc1ccccc1C(=O)OCOC(=O)c1ccc(OCCCCON(O)O)c(OC(=O)C(C)NC(=O)OC(C)(C)C)c1. The molecule has 1 atom stereocenters. The lowest BCUT2D eigenvalue weighted by Crippen LogP contribution is -2.43. The Labute approximate surface area is 258 Å². The van der Waals surface area contributed by atoms with Crippen LogP contribution in [0.25, 0.3) is 0 Å². The monoisotopic (exact) mass is 636 g/mol. The van der Waals surface area contributed by atoms with E-state index in [0.29, 0.717) is 12.8 Å². The quantitative estimate of drug-likeness (QED) is 0.0840. The lowest BCUT2D eigenvalue weighted by atomic mass is 10.2. The average molecular weight is 637 g/mol. The number of para-hydroxylation sites is 1. The molecule has 0 aliphatic rings. The minimum atomic E-state index is -1.16. The lowest BCUT2D eigenvalue weighted by Gasteiger charge is -2.21. The van der Waals surface area contributed by atoms with Crippen LogP contribution in [0.2, 0.25) is 0 Å². The smallest absolute Gasteiger partial charge is 0.408 e. The van der Waals surface area contributed by atoms with E-state index in [2.05, 4.69) is 10.2 Å². The third-order valence-corrected chi connectivity index (χ3v) is 5.22. The summed E-state index contributed by atoms with van der Waals surface area (Å²) in [6.07, 6.45) is -0.0802. The van der Waals surface area contributed by atoms with Crippen LogP contribution in [0, 0.1) is 0 Å². The molecule has 0 fully saturated rings. The van der Waals surface area contributed by atoms with Gasteiger partial charge >= 0.3 is 30.0 Å². The molecule has 16 heteroatoms. The Morgan fingerprint density at radius 1 is 0.867 bits per heavy atom. The molecule has 1 unspecified atom stereocenters. The molecule has 0 spiro atoms. The van der Waals surface area contributed by atoms with Crippen LogP contribution in [0.15, 0.2) is 42.5 Å². The Morgan fingerprint density at radius 2 is 1.53 bits per heavy atom. The molecule has 1 amide bonds. The van der Waals surface area contributed by atoms with Crippen LogP contribution in [-0.2, 0) is 28.6 Å². The zero-order chi connectivity index (χ0) is 33.6. The normalized spacial score (nSPS) is 11.6. The Bertz CT molecular complexity index is 1340. The van der Waals surface area contributed by atoms with Crippen molar-refractivity contribution in [2.24, 2.45) is 0 Å². The first-order valence-electron chi connectivity index (χ1n) is 13.6. The third kappa shape index (κ3) is 13.6. The fourth-order valence-electron chi connectivity index (χ4n) is 3.28. The van der Waals surface area contributed by atoms with Gasteiger partial charge in [-0.25, -0.2) is 19.2 Å². The molecule has 0 aliphatic heterocycles. The van der Waals surface area contributed by atoms with Crippen LogP contribution < -0.4 is 19.5 Å². The molecule has 16 nitrogen and oxygen atoms in total. The number of alkyl carbamates (subject to hydrolysis) is 1. The van der Waals surface area contributed by atoms with Gasteiger partial charge in [-0.05, 0) is 70.9 Å². The van der Waals surface area contributed by atoms with E-state index in [4.69, 9.17) is 38.8 Å². The Morgan fingerprint density at radius 3 is 2.20 bits per heavy atom. The number of hydrogen-bond donors (Lipinski definition) is 3. The van der Waals surface area contributed by atoms with E-state index < -0.39 is 53.8 Å². The van der Waals surface area contributed by atoms with Gasteiger partial charge in [-0.3, -0.25) is 20.0 Å². The van der Waals surface area contributed by atoms with Crippen LogP contribution in [0.4, 0.5) is 4.79 Å². The summed E-state index contributed by atoms with van der Waals surface area (Å²) in [5.41, 5.74) is -0.972. The van der Waals surface area contributed by atoms with Gasteiger partial charge in [0.2, 0.25) is 6.79 Å². The number of rotatable bonds is 15. The maximum absolute atomic E-state index is 12.8. The minimum absolute atomic E-state index is 0.0171. The lowest BCUT2D eigenvalue weighted by molar-refractivity contribution is -0.492. The predicted octanol–water partition coefficient (Wildman–Crippen LogP) is 3.57. The summed E-state index contributed by atoms with van der Waals surface area (Å²) in [7, 11) is 0. The average Bonchev–Trinajstić information content (AvgIpc) is 2.94. The molecule has 3 N–H and O–H groups in total. The van der Waals surface area contributed by atoms with Crippen molar-refractivity contribution in [1.82, 2.24) is 10.7 Å². The van der Waals surface area contributed by atoms with Gasteiger partial charge < -0.3 is 33.7 Å². The summed E-state index contributed by atoms with van der Waals surface area (Å²) in [6.45, 7) is 6.78. The van der Waals surface area contributed by atoms with E-state index in [1.165, 1.54) is 44.2 Å². The molecule has 0 saturated heterocycles.